The summed E-state index contributed by atoms with van der Waals surface area (Å²) in [7, 11) is 1.61. The van der Waals surface area contributed by atoms with E-state index in [1.54, 1.807) is 19.3 Å². The summed E-state index contributed by atoms with van der Waals surface area (Å²) in [5.74, 6) is -0.505. The quantitative estimate of drug-likeness (QED) is 0.523. The molecule has 0 radical (unpaired) electrons. The number of nitrogen functional groups attached to an aromatic ring is 1. The van der Waals surface area contributed by atoms with Gasteiger partial charge in [-0.2, -0.15) is 0 Å². The predicted molar refractivity (Wildman–Crippen MR) is 113 cm³/mol. The highest BCUT2D eigenvalue weighted by Gasteiger charge is 2.17. The van der Waals surface area contributed by atoms with Crippen LogP contribution in [0.15, 0.2) is 35.5 Å². The van der Waals surface area contributed by atoms with Crippen molar-refractivity contribution in [1.82, 2.24) is 15.3 Å². The van der Waals surface area contributed by atoms with Crippen LogP contribution in [0.4, 0.5) is 15.8 Å². The van der Waals surface area contributed by atoms with Crippen LogP contribution < -0.4 is 16.0 Å². The van der Waals surface area contributed by atoms with E-state index in [1.807, 2.05) is 12.1 Å². The first kappa shape index (κ1) is 18.6. The molecule has 1 saturated heterocycles. The molecule has 0 saturated carbocycles. The lowest BCUT2D eigenvalue weighted by Gasteiger charge is -2.30. The summed E-state index contributed by atoms with van der Waals surface area (Å²) in [4.78, 5) is 15.2. The molecule has 2 aromatic heterocycles. The molecular formula is C20H20ClFN6. The zero-order valence-corrected chi connectivity index (χ0v) is 16.2. The van der Waals surface area contributed by atoms with Crippen LogP contribution in [-0.2, 0) is 0 Å². The molecule has 0 bridgehead atoms. The third-order valence-electron chi connectivity index (χ3n) is 4.83. The third-order valence-corrected chi connectivity index (χ3v) is 5.23. The van der Waals surface area contributed by atoms with Crippen LogP contribution in [0.3, 0.4) is 0 Å². The minimum absolute atomic E-state index is 0.0666. The Kier molecular flexibility index (Phi) is 5.11. The molecular weight excluding hydrogens is 379 g/mol. The zero-order chi connectivity index (χ0) is 19.7. The van der Waals surface area contributed by atoms with E-state index in [-0.39, 0.29) is 5.69 Å². The molecule has 0 unspecified atom stereocenters. The molecule has 1 aromatic carbocycles. The number of aromatic nitrogens is 2. The number of hydrogen-bond donors (Lipinski definition) is 2. The summed E-state index contributed by atoms with van der Waals surface area (Å²) in [6.45, 7) is 3.59. The van der Waals surface area contributed by atoms with Gasteiger partial charge < -0.3 is 16.0 Å². The first-order valence-electron chi connectivity index (χ1n) is 9.01. The van der Waals surface area contributed by atoms with E-state index >= 15 is 0 Å². The Morgan fingerprint density at radius 2 is 2.07 bits per heavy atom. The van der Waals surface area contributed by atoms with Crippen molar-refractivity contribution in [3.8, 4) is 11.3 Å². The summed E-state index contributed by atoms with van der Waals surface area (Å²) >= 11 is 6.65. The number of piperazine rings is 1. The second-order valence-electron chi connectivity index (χ2n) is 6.61. The number of benzene rings is 1. The minimum atomic E-state index is -0.505. The molecule has 6 nitrogen and oxygen atoms in total. The first-order chi connectivity index (χ1) is 13.6. The molecule has 0 amide bonds. The number of aliphatic imine (C=N–C) groups is 1. The molecule has 8 heteroatoms. The van der Waals surface area contributed by atoms with E-state index in [9.17, 15) is 4.39 Å². The summed E-state index contributed by atoms with van der Waals surface area (Å²) in [6.07, 6.45) is 3.28. The molecule has 28 heavy (non-hydrogen) atoms. The third kappa shape index (κ3) is 3.39. The Morgan fingerprint density at radius 3 is 2.82 bits per heavy atom. The van der Waals surface area contributed by atoms with Crippen LogP contribution in [0.1, 0.15) is 5.56 Å². The molecule has 3 heterocycles. The molecule has 1 fully saturated rings. The first-order valence-corrected chi connectivity index (χ1v) is 9.38. The van der Waals surface area contributed by atoms with Crippen molar-refractivity contribution < 1.29 is 4.39 Å². The molecule has 0 aliphatic carbocycles. The van der Waals surface area contributed by atoms with E-state index in [0.717, 1.165) is 37.3 Å². The van der Waals surface area contributed by atoms with Crippen LogP contribution >= 0.6 is 11.6 Å². The number of nitrogens with one attached hydrogen (secondary N) is 1. The number of pyridine rings is 2. The number of halogens is 2. The fourth-order valence-electron chi connectivity index (χ4n) is 3.35. The van der Waals surface area contributed by atoms with Gasteiger partial charge >= 0.3 is 0 Å². The number of fused-ring (bicyclic) bond motifs is 1. The Morgan fingerprint density at radius 1 is 1.29 bits per heavy atom. The SMILES string of the molecule is CN=Cc1cc(-c2ccc3c(Cl)c(N4CCNCC4)cnc3n2)cc(F)c1N. The fourth-order valence-corrected chi connectivity index (χ4v) is 3.67. The molecule has 3 aromatic rings. The zero-order valence-electron chi connectivity index (χ0n) is 15.4. The summed E-state index contributed by atoms with van der Waals surface area (Å²) in [5, 5.41) is 4.73. The molecule has 0 spiro atoms. The maximum atomic E-state index is 14.2. The van der Waals surface area contributed by atoms with Crippen molar-refractivity contribution in [3.63, 3.8) is 0 Å². The summed E-state index contributed by atoms with van der Waals surface area (Å²) in [6, 6.07) is 6.82. The largest absolute Gasteiger partial charge is 0.396 e. The van der Waals surface area contributed by atoms with Gasteiger partial charge in [0.25, 0.3) is 0 Å². The van der Waals surface area contributed by atoms with Gasteiger partial charge in [0.2, 0.25) is 0 Å². The Bertz CT molecular complexity index is 1060. The monoisotopic (exact) mass is 398 g/mol. The normalized spacial score (nSPS) is 14.9. The maximum Gasteiger partial charge on any atom is 0.161 e. The van der Waals surface area contributed by atoms with Gasteiger partial charge in [-0.25, -0.2) is 14.4 Å². The van der Waals surface area contributed by atoms with Gasteiger partial charge in [-0.15, -0.1) is 0 Å². The standard InChI is InChI=1S/C20H20ClFN6/c1-24-10-13-8-12(9-15(22)19(13)23)16-3-2-14-18(21)17(11-26-20(14)27-16)28-6-4-25-5-7-28/h2-3,8-11,25H,4-7,23H2,1H3. The van der Waals surface area contributed by atoms with Crippen molar-refractivity contribution >= 4 is 40.2 Å². The van der Waals surface area contributed by atoms with Crippen molar-refractivity contribution in [2.75, 3.05) is 43.9 Å². The number of anilines is 2. The van der Waals surface area contributed by atoms with Crippen LogP contribution in [0.25, 0.3) is 22.3 Å². The second kappa shape index (κ2) is 7.69. The molecule has 4 rings (SSSR count). The minimum Gasteiger partial charge on any atom is -0.396 e. The highest BCUT2D eigenvalue weighted by Crippen LogP contribution is 2.33. The topological polar surface area (TPSA) is 79.4 Å². The van der Waals surface area contributed by atoms with E-state index in [1.165, 1.54) is 12.3 Å². The molecule has 1 aliphatic rings. The smallest absolute Gasteiger partial charge is 0.161 e. The lowest BCUT2D eigenvalue weighted by molar-refractivity contribution is 0.589. The molecule has 3 N–H and O–H groups in total. The van der Waals surface area contributed by atoms with Crippen LogP contribution in [0, 0.1) is 5.82 Å². The van der Waals surface area contributed by atoms with Gasteiger partial charge in [0.15, 0.2) is 5.65 Å². The van der Waals surface area contributed by atoms with Gasteiger partial charge in [0.1, 0.15) is 5.82 Å². The second-order valence-corrected chi connectivity index (χ2v) is 6.99. The number of hydrogen-bond acceptors (Lipinski definition) is 6. The van der Waals surface area contributed by atoms with Crippen molar-refractivity contribution in [2.45, 2.75) is 0 Å². The Balaban J connectivity index is 1.77. The van der Waals surface area contributed by atoms with Crippen LogP contribution in [0.2, 0.25) is 5.02 Å². The predicted octanol–water partition coefficient (Wildman–Crippen LogP) is 3.13. The summed E-state index contributed by atoms with van der Waals surface area (Å²) < 4.78 is 14.2. The molecule has 144 valence electrons. The van der Waals surface area contributed by atoms with Gasteiger partial charge in [0.05, 0.1) is 28.3 Å². The van der Waals surface area contributed by atoms with Crippen LogP contribution in [0.5, 0.6) is 0 Å². The van der Waals surface area contributed by atoms with E-state index < -0.39 is 5.82 Å². The molecule has 0 atom stereocenters. The molecule has 1 aliphatic heterocycles. The highest BCUT2D eigenvalue weighted by molar-refractivity contribution is 6.37. The van der Waals surface area contributed by atoms with E-state index in [0.29, 0.717) is 27.5 Å². The number of nitrogens with zero attached hydrogens (tertiary/aromatic N) is 4. The average Bonchev–Trinajstić information content (AvgIpc) is 2.72. The Hall–Kier alpha value is -2.77. The fraction of sp³-hybridized carbons (Fsp3) is 0.250. The van der Waals surface area contributed by atoms with Gasteiger partial charge in [-0.3, -0.25) is 4.99 Å². The van der Waals surface area contributed by atoms with Crippen molar-refractivity contribution in [3.05, 3.63) is 46.9 Å². The number of nitrogens with two attached hydrogens (primary N) is 1. The van der Waals surface area contributed by atoms with Gasteiger partial charge in [-0.1, -0.05) is 11.6 Å². The lowest BCUT2D eigenvalue weighted by atomic mass is 10.0. The highest BCUT2D eigenvalue weighted by atomic mass is 35.5. The van der Waals surface area contributed by atoms with Crippen LogP contribution in [-0.4, -0.2) is 49.4 Å². The van der Waals surface area contributed by atoms with Crippen molar-refractivity contribution in [1.29, 1.82) is 0 Å². The maximum absolute atomic E-state index is 14.2. The van der Waals surface area contributed by atoms with E-state index in [4.69, 9.17) is 17.3 Å². The van der Waals surface area contributed by atoms with Gasteiger partial charge in [0, 0.05) is 56.0 Å². The lowest BCUT2D eigenvalue weighted by Crippen LogP contribution is -2.43. The Labute approximate surface area is 167 Å². The average molecular weight is 399 g/mol. The van der Waals surface area contributed by atoms with Crippen molar-refractivity contribution in [2.24, 2.45) is 4.99 Å². The summed E-state index contributed by atoms with van der Waals surface area (Å²) in [5.41, 5.74) is 8.99. The van der Waals surface area contributed by atoms with Gasteiger partial charge in [-0.05, 0) is 24.3 Å². The number of rotatable bonds is 3. The van der Waals surface area contributed by atoms with E-state index in [2.05, 4.69) is 25.2 Å².